The number of piperazine rings is 1. The smallest absolute Gasteiger partial charge is 0.138 e. The van der Waals surface area contributed by atoms with Gasteiger partial charge in [-0.2, -0.15) is 0 Å². The number of carbonyl (C=O) groups excluding carboxylic acids is 1. The van der Waals surface area contributed by atoms with Gasteiger partial charge in [0.2, 0.25) is 0 Å². The maximum atomic E-state index is 11.3. The summed E-state index contributed by atoms with van der Waals surface area (Å²) in [4.78, 5) is 21.6. The van der Waals surface area contributed by atoms with Crippen LogP contribution in [-0.4, -0.2) is 53.3 Å². The molecule has 0 radical (unpaired) electrons. The summed E-state index contributed by atoms with van der Waals surface area (Å²) in [6.07, 6.45) is 2.69. The Hall–Kier alpha value is -1.12. The van der Waals surface area contributed by atoms with Gasteiger partial charge >= 0.3 is 0 Å². The van der Waals surface area contributed by atoms with E-state index in [-0.39, 0.29) is 6.04 Å². The van der Waals surface area contributed by atoms with Crippen molar-refractivity contribution in [3.8, 4) is 0 Å². The van der Waals surface area contributed by atoms with E-state index in [2.05, 4.69) is 42.8 Å². The molecule has 5 nitrogen and oxygen atoms in total. The zero-order valence-electron chi connectivity index (χ0n) is 13.3. The SMILES string of the molecule is NC(C=O)C(c1ccc(Br)s1)N1CCN(Cc2ccccn2)CC1. The molecule has 24 heavy (non-hydrogen) atoms. The number of nitrogens with zero attached hydrogens (tertiary/aromatic N) is 3. The van der Waals surface area contributed by atoms with Crippen LogP contribution in [0.3, 0.4) is 0 Å². The summed E-state index contributed by atoms with van der Waals surface area (Å²) in [5.74, 6) is 0. The molecule has 0 aliphatic carbocycles. The Morgan fingerprint density at radius 2 is 2.04 bits per heavy atom. The third-order valence-electron chi connectivity index (χ3n) is 4.32. The second kappa shape index (κ2) is 8.31. The number of hydrogen-bond donors (Lipinski definition) is 1. The average molecular weight is 409 g/mol. The van der Waals surface area contributed by atoms with Gasteiger partial charge in [0.15, 0.2) is 0 Å². The standard InChI is InChI=1S/C17H21BrN4OS/c18-16-5-4-15(24-16)17(14(19)12-23)22-9-7-21(8-10-22)11-13-3-1-2-6-20-13/h1-6,12,14,17H,7-11,19H2. The third kappa shape index (κ3) is 4.29. The second-order valence-electron chi connectivity index (χ2n) is 5.93. The van der Waals surface area contributed by atoms with Crippen molar-refractivity contribution in [3.63, 3.8) is 0 Å². The lowest BCUT2D eigenvalue weighted by molar-refractivity contribution is -0.110. The number of hydrogen-bond acceptors (Lipinski definition) is 6. The van der Waals surface area contributed by atoms with Gasteiger partial charge in [0.05, 0.1) is 21.6 Å². The molecule has 0 aromatic carbocycles. The minimum atomic E-state index is -0.502. The molecule has 3 heterocycles. The maximum absolute atomic E-state index is 11.3. The van der Waals surface area contributed by atoms with Gasteiger partial charge in [-0.3, -0.25) is 14.8 Å². The van der Waals surface area contributed by atoms with Gasteiger partial charge in [-0.05, 0) is 40.2 Å². The summed E-state index contributed by atoms with van der Waals surface area (Å²) in [5.41, 5.74) is 7.20. The molecule has 1 aliphatic heterocycles. The van der Waals surface area contributed by atoms with Crippen molar-refractivity contribution in [2.75, 3.05) is 26.2 Å². The number of pyridine rings is 1. The summed E-state index contributed by atoms with van der Waals surface area (Å²) < 4.78 is 1.06. The minimum absolute atomic E-state index is 0.0456. The highest BCUT2D eigenvalue weighted by atomic mass is 79.9. The summed E-state index contributed by atoms with van der Waals surface area (Å²) in [7, 11) is 0. The fourth-order valence-corrected chi connectivity index (χ4v) is 4.71. The number of aldehydes is 1. The predicted molar refractivity (Wildman–Crippen MR) is 99.9 cm³/mol. The van der Waals surface area contributed by atoms with Crippen LogP contribution in [0.2, 0.25) is 0 Å². The van der Waals surface area contributed by atoms with E-state index in [4.69, 9.17) is 5.73 Å². The van der Waals surface area contributed by atoms with Gasteiger partial charge in [-0.25, -0.2) is 0 Å². The second-order valence-corrected chi connectivity index (χ2v) is 8.43. The molecule has 2 aromatic heterocycles. The van der Waals surface area contributed by atoms with E-state index in [0.29, 0.717) is 0 Å². The Bertz CT molecular complexity index is 658. The monoisotopic (exact) mass is 408 g/mol. The lowest BCUT2D eigenvalue weighted by Crippen LogP contribution is -2.51. The first kappa shape index (κ1) is 17.7. The summed E-state index contributed by atoms with van der Waals surface area (Å²) in [6.45, 7) is 4.56. The molecule has 0 bridgehead atoms. The molecule has 1 saturated heterocycles. The highest BCUT2D eigenvalue weighted by Gasteiger charge is 2.30. The lowest BCUT2D eigenvalue weighted by Gasteiger charge is -2.40. The molecule has 2 N–H and O–H groups in total. The van der Waals surface area contributed by atoms with Crippen molar-refractivity contribution in [2.24, 2.45) is 5.73 Å². The van der Waals surface area contributed by atoms with E-state index in [0.717, 1.165) is 53.4 Å². The molecule has 0 spiro atoms. The summed E-state index contributed by atoms with van der Waals surface area (Å²) in [5, 5.41) is 0. The number of aromatic nitrogens is 1. The van der Waals surface area contributed by atoms with Crippen LogP contribution < -0.4 is 5.73 Å². The molecular formula is C17H21BrN4OS. The van der Waals surface area contributed by atoms with Crippen LogP contribution in [0.5, 0.6) is 0 Å². The number of nitrogens with two attached hydrogens (primary N) is 1. The summed E-state index contributed by atoms with van der Waals surface area (Å²) in [6, 6.07) is 9.54. The molecule has 3 rings (SSSR count). The van der Waals surface area contributed by atoms with Crippen LogP contribution in [0.15, 0.2) is 40.3 Å². The van der Waals surface area contributed by atoms with Gasteiger partial charge in [0, 0.05) is 43.8 Å². The Balaban J connectivity index is 1.64. The van der Waals surface area contributed by atoms with E-state index in [1.165, 1.54) is 0 Å². The first-order valence-electron chi connectivity index (χ1n) is 8.00. The molecule has 2 atom stereocenters. The summed E-state index contributed by atoms with van der Waals surface area (Å²) >= 11 is 5.15. The van der Waals surface area contributed by atoms with Gasteiger partial charge in [0.1, 0.15) is 6.29 Å². The fourth-order valence-electron chi connectivity index (χ4n) is 3.10. The highest BCUT2D eigenvalue weighted by molar-refractivity contribution is 9.11. The van der Waals surface area contributed by atoms with Crippen molar-refractivity contribution in [3.05, 3.63) is 50.9 Å². The number of thiophene rings is 1. The van der Waals surface area contributed by atoms with Crippen LogP contribution in [0.1, 0.15) is 16.6 Å². The number of rotatable bonds is 6. The lowest BCUT2D eigenvalue weighted by atomic mass is 10.1. The van der Waals surface area contributed by atoms with Crippen LogP contribution >= 0.6 is 27.3 Å². The highest BCUT2D eigenvalue weighted by Crippen LogP contribution is 2.32. The van der Waals surface area contributed by atoms with Crippen LogP contribution in [-0.2, 0) is 11.3 Å². The van der Waals surface area contributed by atoms with Crippen LogP contribution in [0.25, 0.3) is 0 Å². The first-order chi connectivity index (χ1) is 11.7. The quantitative estimate of drug-likeness (QED) is 0.742. The Morgan fingerprint density at radius 1 is 1.25 bits per heavy atom. The fraction of sp³-hybridized carbons (Fsp3) is 0.412. The van der Waals surface area contributed by atoms with E-state index in [9.17, 15) is 4.79 Å². The van der Waals surface area contributed by atoms with Crippen LogP contribution in [0, 0.1) is 0 Å². The Kier molecular flexibility index (Phi) is 6.13. The molecule has 1 aliphatic rings. The molecule has 1 fully saturated rings. The predicted octanol–water partition coefficient (Wildman–Crippen LogP) is 2.29. The number of carbonyl (C=O) groups is 1. The van der Waals surface area contributed by atoms with E-state index in [1.807, 2.05) is 24.4 Å². The van der Waals surface area contributed by atoms with Crippen LogP contribution in [0.4, 0.5) is 0 Å². The van der Waals surface area contributed by atoms with Gasteiger partial charge in [-0.1, -0.05) is 6.07 Å². The minimum Gasteiger partial charge on any atom is -0.320 e. The molecule has 2 unspecified atom stereocenters. The molecular weight excluding hydrogens is 388 g/mol. The third-order valence-corrected chi connectivity index (χ3v) is 6.01. The first-order valence-corrected chi connectivity index (χ1v) is 9.61. The average Bonchev–Trinajstić information content (AvgIpc) is 3.03. The van der Waals surface area contributed by atoms with Crippen molar-refractivity contribution >= 4 is 33.6 Å². The van der Waals surface area contributed by atoms with E-state index >= 15 is 0 Å². The Labute approximate surface area is 154 Å². The van der Waals surface area contributed by atoms with Crippen molar-refractivity contribution in [1.82, 2.24) is 14.8 Å². The zero-order chi connectivity index (χ0) is 16.9. The Morgan fingerprint density at radius 3 is 2.62 bits per heavy atom. The molecule has 7 heteroatoms. The molecule has 0 amide bonds. The molecule has 2 aromatic rings. The maximum Gasteiger partial charge on any atom is 0.138 e. The van der Waals surface area contributed by atoms with Gasteiger partial charge < -0.3 is 10.5 Å². The van der Waals surface area contributed by atoms with E-state index < -0.39 is 6.04 Å². The van der Waals surface area contributed by atoms with E-state index in [1.54, 1.807) is 11.3 Å². The van der Waals surface area contributed by atoms with Gasteiger partial charge in [0.25, 0.3) is 0 Å². The van der Waals surface area contributed by atoms with Crippen molar-refractivity contribution in [2.45, 2.75) is 18.6 Å². The molecule has 0 saturated carbocycles. The topological polar surface area (TPSA) is 62.5 Å². The number of halogens is 1. The zero-order valence-corrected chi connectivity index (χ0v) is 15.7. The van der Waals surface area contributed by atoms with Gasteiger partial charge in [-0.15, -0.1) is 11.3 Å². The molecule has 128 valence electrons. The van der Waals surface area contributed by atoms with Crippen molar-refractivity contribution < 1.29 is 4.79 Å². The largest absolute Gasteiger partial charge is 0.320 e. The normalized spacial score (nSPS) is 19.1. The van der Waals surface area contributed by atoms with Crippen molar-refractivity contribution in [1.29, 1.82) is 0 Å².